The van der Waals surface area contributed by atoms with Gasteiger partial charge in [-0.1, -0.05) is 38.8 Å². The summed E-state index contributed by atoms with van der Waals surface area (Å²) >= 11 is 0. The first-order valence-corrected chi connectivity index (χ1v) is 11.2. The molecule has 3 unspecified atom stereocenters. The number of hydrogen-bond donors (Lipinski definition) is 0. The van der Waals surface area contributed by atoms with Gasteiger partial charge in [0.25, 0.3) is 5.56 Å². The summed E-state index contributed by atoms with van der Waals surface area (Å²) in [5.74, 6) is 0.736. The number of halogens is 1. The molecule has 5 rings (SSSR count). The standard InChI is InChI=1S/C25H27FN4O2/c1-15-5-4-6-21(16(15)2)29-12-11-22-19(25(29)31)13-27-24-23(17-7-9-18(26)10-8-17)20(14-32-3)28-30(22)24/h7-13,15-16,21H,4-6,14H2,1-3H3. The van der Waals surface area contributed by atoms with E-state index in [1.54, 1.807) is 30.0 Å². The molecule has 32 heavy (non-hydrogen) atoms. The number of fused-ring (bicyclic) bond motifs is 3. The van der Waals surface area contributed by atoms with Crippen LogP contribution in [0.15, 0.2) is 47.5 Å². The Morgan fingerprint density at radius 2 is 1.94 bits per heavy atom. The average Bonchev–Trinajstić information content (AvgIpc) is 3.15. The van der Waals surface area contributed by atoms with Gasteiger partial charge in [0.15, 0.2) is 5.65 Å². The monoisotopic (exact) mass is 434 g/mol. The molecule has 6 nitrogen and oxygen atoms in total. The summed E-state index contributed by atoms with van der Waals surface area (Å²) in [6.07, 6.45) is 6.91. The first-order chi connectivity index (χ1) is 15.5. The molecule has 0 N–H and O–H groups in total. The van der Waals surface area contributed by atoms with E-state index in [-0.39, 0.29) is 24.0 Å². The summed E-state index contributed by atoms with van der Waals surface area (Å²) in [6, 6.07) is 8.41. The fourth-order valence-corrected chi connectivity index (χ4v) is 5.09. The topological polar surface area (TPSA) is 61.4 Å². The van der Waals surface area contributed by atoms with Gasteiger partial charge in [0.2, 0.25) is 0 Å². The average molecular weight is 435 g/mol. The second-order valence-corrected chi connectivity index (χ2v) is 8.92. The summed E-state index contributed by atoms with van der Waals surface area (Å²) in [5, 5.41) is 5.27. The first kappa shape index (κ1) is 20.8. The Balaban J connectivity index is 1.70. The summed E-state index contributed by atoms with van der Waals surface area (Å²) in [5.41, 5.74) is 3.57. The third-order valence-corrected chi connectivity index (χ3v) is 7.05. The van der Waals surface area contributed by atoms with Crippen LogP contribution in [0.5, 0.6) is 0 Å². The second-order valence-electron chi connectivity index (χ2n) is 8.92. The van der Waals surface area contributed by atoms with Crippen LogP contribution in [0.4, 0.5) is 4.39 Å². The molecule has 1 aliphatic carbocycles. The molecule has 0 bridgehead atoms. The van der Waals surface area contributed by atoms with Crippen molar-refractivity contribution in [2.75, 3.05) is 7.11 Å². The summed E-state index contributed by atoms with van der Waals surface area (Å²) < 4.78 is 22.4. The number of pyridine rings is 1. The molecule has 7 heteroatoms. The highest BCUT2D eigenvalue weighted by Crippen LogP contribution is 2.37. The van der Waals surface area contributed by atoms with Crippen LogP contribution in [0, 0.1) is 17.7 Å². The van der Waals surface area contributed by atoms with Gasteiger partial charge in [-0.25, -0.2) is 13.9 Å². The van der Waals surface area contributed by atoms with Gasteiger partial charge in [-0.05, 0) is 42.0 Å². The fourth-order valence-electron chi connectivity index (χ4n) is 5.09. The number of benzene rings is 1. The quantitative estimate of drug-likeness (QED) is 0.454. The molecule has 0 radical (unpaired) electrons. The fraction of sp³-hybridized carbons (Fsp3) is 0.400. The lowest BCUT2D eigenvalue weighted by Crippen LogP contribution is -2.33. The lowest BCUT2D eigenvalue weighted by molar-refractivity contribution is 0.181. The van der Waals surface area contributed by atoms with Gasteiger partial charge < -0.3 is 9.30 Å². The number of rotatable bonds is 4. The molecule has 3 aromatic heterocycles. The van der Waals surface area contributed by atoms with E-state index in [0.717, 1.165) is 24.0 Å². The summed E-state index contributed by atoms with van der Waals surface area (Å²) in [6.45, 7) is 4.80. The Morgan fingerprint density at radius 1 is 1.16 bits per heavy atom. The van der Waals surface area contributed by atoms with E-state index in [0.29, 0.717) is 34.1 Å². The molecule has 0 amide bonds. The van der Waals surface area contributed by atoms with Crippen LogP contribution in [-0.4, -0.2) is 26.3 Å². The Hall–Kier alpha value is -3.06. The van der Waals surface area contributed by atoms with Crippen molar-refractivity contribution in [2.24, 2.45) is 11.8 Å². The van der Waals surface area contributed by atoms with Crippen molar-refractivity contribution in [3.63, 3.8) is 0 Å². The molecular weight excluding hydrogens is 407 g/mol. The van der Waals surface area contributed by atoms with Crippen molar-refractivity contribution >= 4 is 16.6 Å². The lowest BCUT2D eigenvalue weighted by Gasteiger charge is -2.35. The maximum atomic E-state index is 13.5. The zero-order valence-corrected chi connectivity index (χ0v) is 18.6. The Kier molecular flexibility index (Phi) is 5.29. The largest absolute Gasteiger partial charge is 0.378 e. The third kappa shape index (κ3) is 3.32. The number of methoxy groups -OCH3 is 1. The minimum atomic E-state index is -0.302. The molecule has 1 fully saturated rings. The van der Waals surface area contributed by atoms with Gasteiger partial charge in [0.1, 0.15) is 5.82 Å². The summed E-state index contributed by atoms with van der Waals surface area (Å²) in [4.78, 5) is 18.1. The van der Waals surface area contributed by atoms with Gasteiger partial charge in [0.05, 0.1) is 28.8 Å². The van der Waals surface area contributed by atoms with Crippen LogP contribution in [-0.2, 0) is 11.3 Å². The van der Waals surface area contributed by atoms with E-state index in [1.165, 1.54) is 18.6 Å². The molecule has 1 aromatic carbocycles. The van der Waals surface area contributed by atoms with Gasteiger partial charge in [-0.15, -0.1) is 0 Å². The molecule has 0 aliphatic heterocycles. The van der Waals surface area contributed by atoms with Crippen molar-refractivity contribution in [2.45, 2.75) is 45.8 Å². The lowest BCUT2D eigenvalue weighted by atomic mass is 9.78. The van der Waals surface area contributed by atoms with Crippen molar-refractivity contribution in [1.82, 2.24) is 19.2 Å². The third-order valence-electron chi connectivity index (χ3n) is 7.05. The van der Waals surface area contributed by atoms with Crippen LogP contribution in [0.3, 0.4) is 0 Å². The normalized spacial score (nSPS) is 21.4. The van der Waals surface area contributed by atoms with Crippen molar-refractivity contribution in [3.8, 4) is 11.1 Å². The Labute approximate surface area is 185 Å². The highest BCUT2D eigenvalue weighted by molar-refractivity contribution is 5.86. The Bertz CT molecular complexity index is 1340. The number of ether oxygens (including phenoxy) is 1. The van der Waals surface area contributed by atoms with Crippen molar-refractivity contribution < 1.29 is 9.13 Å². The predicted molar refractivity (Wildman–Crippen MR) is 122 cm³/mol. The number of aromatic nitrogens is 4. The predicted octanol–water partition coefficient (Wildman–Crippen LogP) is 4.99. The van der Waals surface area contributed by atoms with Gasteiger partial charge in [-0.3, -0.25) is 4.79 Å². The molecule has 166 valence electrons. The van der Waals surface area contributed by atoms with Crippen LogP contribution in [0.1, 0.15) is 44.8 Å². The number of hydrogen-bond acceptors (Lipinski definition) is 4. The van der Waals surface area contributed by atoms with Gasteiger partial charge in [0, 0.05) is 25.5 Å². The second kappa shape index (κ2) is 8.13. The van der Waals surface area contributed by atoms with E-state index in [2.05, 4.69) is 18.8 Å². The highest BCUT2D eigenvalue weighted by atomic mass is 19.1. The smallest absolute Gasteiger partial charge is 0.261 e. The number of nitrogens with zero attached hydrogens (tertiary/aromatic N) is 4. The van der Waals surface area contributed by atoms with E-state index < -0.39 is 0 Å². The molecule has 1 aliphatic rings. The van der Waals surface area contributed by atoms with Crippen molar-refractivity contribution in [3.05, 3.63) is 64.6 Å². The van der Waals surface area contributed by atoms with E-state index in [1.807, 2.05) is 16.8 Å². The molecule has 3 heterocycles. The van der Waals surface area contributed by atoms with Gasteiger partial charge >= 0.3 is 0 Å². The molecule has 0 saturated heterocycles. The molecule has 4 aromatic rings. The van der Waals surface area contributed by atoms with Crippen molar-refractivity contribution in [1.29, 1.82) is 0 Å². The van der Waals surface area contributed by atoms with Gasteiger partial charge in [-0.2, -0.15) is 5.10 Å². The van der Waals surface area contributed by atoms with E-state index >= 15 is 0 Å². The molecule has 0 spiro atoms. The summed E-state index contributed by atoms with van der Waals surface area (Å²) in [7, 11) is 1.61. The van der Waals surface area contributed by atoms with Crippen LogP contribution in [0.25, 0.3) is 27.7 Å². The molecule has 3 atom stereocenters. The zero-order chi connectivity index (χ0) is 22.4. The van der Waals surface area contributed by atoms with Crippen LogP contribution >= 0.6 is 0 Å². The van der Waals surface area contributed by atoms with E-state index in [4.69, 9.17) is 9.84 Å². The minimum Gasteiger partial charge on any atom is -0.378 e. The SMILES string of the molecule is COCc1nn2c(ncc3c(=O)n(C4CCCC(C)C4C)ccc32)c1-c1ccc(F)cc1. The minimum absolute atomic E-state index is 0.0324. The van der Waals surface area contributed by atoms with Crippen LogP contribution < -0.4 is 5.56 Å². The maximum absolute atomic E-state index is 13.5. The maximum Gasteiger partial charge on any atom is 0.261 e. The Morgan fingerprint density at radius 3 is 2.69 bits per heavy atom. The molecule has 1 saturated carbocycles. The van der Waals surface area contributed by atoms with Crippen LogP contribution in [0.2, 0.25) is 0 Å². The first-order valence-electron chi connectivity index (χ1n) is 11.2. The highest BCUT2D eigenvalue weighted by Gasteiger charge is 2.29. The van der Waals surface area contributed by atoms with E-state index in [9.17, 15) is 9.18 Å². The zero-order valence-electron chi connectivity index (χ0n) is 18.6. The molecular formula is C25H27FN4O2.